The molecule has 0 bridgehead atoms. The molecule has 5 nitrogen and oxygen atoms in total. The predicted molar refractivity (Wildman–Crippen MR) is 60.3 cm³/mol. The standard InChI is InChI=1S/C10H15N3O2S/c1-7-11-12-9(16-7)6-13-5-3-2-4-8(13)10(14)15/h8H,2-6H2,1H3,(H,14,15)/t8-/m0/s1. The Kier molecular flexibility index (Phi) is 3.50. The summed E-state index contributed by atoms with van der Waals surface area (Å²) < 4.78 is 0. The van der Waals surface area contributed by atoms with Gasteiger partial charge in [0.2, 0.25) is 0 Å². The highest BCUT2D eigenvalue weighted by atomic mass is 32.1. The third-order valence-electron chi connectivity index (χ3n) is 2.80. The number of rotatable bonds is 3. The summed E-state index contributed by atoms with van der Waals surface area (Å²) in [6.45, 7) is 3.37. The summed E-state index contributed by atoms with van der Waals surface area (Å²) in [6, 6.07) is -0.349. The topological polar surface area (TPSA) is 66.3 Å². The summed E-state index contributed by atoms with van der Waals surface area (Å²) in [6.07, 6.45) is 2.82. The zero-order valence-corrected chi connectivity index (χ0v) is 10.0. The maximum absolute atomic E-state index is 11.1. The van der Waals surface area contributed by atoms with Gasteiger partial charge in [-0.05, 0) is 26.3 Å². The molecule has 1 aromatic rings. The van der Waals surface area contributed by atoms with E-state index in [1.165, 1.54) is 11.3 Å². The van der Waals surface area contributed by atoms with E-state index in [4.69, 9.17) is 5.11 Å². The van der Waals surface area contributed by atoms with Crippen LogP contribution in [0, 0.1) is 6.92 Å². The lowest BCUT2D eigenvalue weighted by atomic mass is 10.0. The Morgan fingerprint density at radius 2 is 2.38 bits per heavy atom. The SMILES string of the molecule is Cc1nnc(CN2CCCC[C@H]2C(=O)O)s1. The van der Waals surface area contributed by atoms with Crippen LogP contribution in [0.3, 0.4) is 0 Å². The minimum Gasteiger partial charge on any atom is -0.480 e. The first kappa shape index (κ1) is 11.5. The predicted octanol–water partition coefficient (Wildman–Crippen LogP) is 1.29. The minimum atomic E-state index is -0.721. The fourth-order valence-electron chi connectivity index (χ4n) is 2.04. The van der Waals surface area contributed by atoms with E-state index in [0.29, 0.717) is 6.54 Å². The van der Waals surface area contributed by atoms with Gasteiger partial charge in [-0.1, -0.05) is 6.42 Å². The summed E-state index contributed by atoms with van der Waals surface area (Å²) in [7, 11) is 0. The minimum absolute atomic E-state index is 0.349. The highest BCUT2D eigenvalue weighted by Gasteiger charge is 2.28. The summed E-state index contributed by atoms with van der Waals surface area (Å²) in [5, 5.41) is 18.9. The van der Waals surface area contributed by atoms with Crippen LogP contribution < -0.4 is 0 Å². The lowest BCUT2D eigenvalue weighted by Gasteiger charge is -2.31. The number of aryl methyl sites for hydroxylation is 1. The van der Waals surface area contributed by atoms with Crippen LogP contribution in [0.1, 0.15) is 29.3 Å². The second kappa shape index (κ2) is 4.88. The average molecular weight is 241 g/mol. The van der Waals surface area contributed by atoms with E-state index in [1.807, 2.05) is 11.8 Å². The quantitative estimate of drug-likeness (QED) is 0.863. The molecule has 2 rings (SSSR count). The highest BCUT2D eigenvalue weighted by Crippen LogP contribution is 2.21. The zero-order valence-electron chi connectivity index (χ0n) is 9.22. The molecule has 0 aliphatic carbocycles. The Bertz CT molecular complexity index is 380. The Morgan fingerprint density at radius 3 is 3.00 bits per heavy atom. The molecule has 1 aliphatic rings. The molecule has 1 aliphatic heterocycles. The van der Waals surface area contributed by atoms with Crippen LogP contribution in [0.5, 0.6) is 0 Å². The van der Waals surface area contributed by atoms with E-state index in [2.05, 4.69) is 10.2 Å². The molecular formula is C10H15N3O2S. The normalized spacial score (nSPS) is 22.2. The van der Waals surface area contributed by atoms with E-state index < -0.39 is 5.97 Å². The fourth-order valence-corrected chi connectivity index (χ4v) is 2.77. The van der Waals surface area contributed by atoms with Gasteiger partial charge in [0.1, 0.15) is 16.1 Å². The molecule has 0 aromatic carbocycles. The van der Waals surface area contributed by atoms with Gasteiger partial charge in [-0.3, -0.25) is 9.69 Å². The Morgan fingerprint density at radius 1 is 1.56 bits per heavy atom. The van der Waals surface area contributed by atoms with Crippen molar-refractivity contribution in [2.75, 3.05) is 6.54 Å². The van der Waals surface area contributed by atoms with Crippen molar-refractivity contribution in [1.29, 1.82) is 0 Å². The number of carbonyl (C=O) groups is 1. The van der Waals surface area contributed by atoms with Gasteiger partial charge in [0.05, 0.1) is 6.54 Å². The number of hydrogen-bond acceptors (Lipinski definition) is 5. The zero-order chi connectivity index (χ0) is 11.5. The second-order valence-electron chi connectivity index (χ2n) is 4.04. The average Bonchev–Trinajstić information content (AvgIpc) is 2.64. The lowest BCUT2D eigenvalue weighted by molar-refractivity contribution is -0.144. The molecule has 16 heavy (non-hydrogen) atoms. The van der Waals surface area contributed by atoms with Gasteiger partial charge in [-0.25, -0.2) is 0 Å². The molecule has 1 N–H and O–H groups in total. The van der Waals surface area contributed by atoms with E-state index >= 15 is 0 Å². The molecule has 0 radical (unpaired) electrons. The molecule has 0 spiro atoms. The number of carboxylic acid groups (broad SMARTS) is 1. The maximum Gasteiger partial charge on any atom is 0.320 e. The first-order valence-electron chi connectivity index (χ1n) is 5.42. The van der Waals surface area contributed by atoms with Crippen molar-refractivity contribution in [2.45, 2.75) is 38.8 Å². The monoisotopic (exact) mass is 241 g/mol. The summed E-state index contributed by atoms with van der Waals surface area (Å²) in [5.41, 5.74) is 0. The molecule has 0 saturated carbocycles. The van der Waals surface area contributed by atoms with Gasteiger partial charge < -0.3 is 5.11 Å². The number of aromatic nitrogens is 2. The number of hydrogen-bond donors (Lipinski definition) is 1. The third-order valence-corrected chi connectivity index (χ3v) is 3.63. The Hall–Kier alpha value is -1.01. The van der Waals surface area contributed by atoms with Crippen LogP contribution >= 0.6 is 11.3 Å². The first-order valence-corrected chi connectivity index (χ1v) is 6.24. The van der Waals surface area contributed by atoms with E-state index in [-0.39, 0.29) is 6.04 Å². The highest BCUT2D eigenvalue weighted by molar-refractivity contribution is 7.11. The number of piperidine rings is 1. The second-order valence-corrected chi connectivity index (χ2v) is 5.30. The smallest absolute Gasteiger partial charge is 0.320 e. The van der Waals surface area contributed by atoms with Crippen molar-refractivity contribution in [3.05, 3.63) is 10.0 Å². The van der Waals surface area contributed by atoms with Crippen LogP contribution in [0.2, 0.25) is 0 Å². The molecule has 0 unspecified atom stereocenters. The van der Waals surface area contributed by atoms with Gasteiger partial charge >= 0.3 is 5.97 Å². The van der Waals surface area contributed by atoms with Gasteiger partial charge in [0.25, 0.3) is 0 Å². The van der Waals surface area contributed by atoms with Crippen LogP contribution in [-0.2, 0) is 11.3 Å². The van der Waals surface area contributed by atoms with Gasteiger partial charge in [-0.15, -0.1) is 21.5 Å². The van der Waals surface area contributed by atoms with Gasteiger partial charge in [0.15, 0.2) is 0 Å². The van der Waals surface area contributed by atoms with E-state index in [9.17, 15) is 4.79 Å². The molecule has 6 heteroatoms. The first-order chi connectivity index (χ1) is 7.66. The van der Waals surface area contributed by atoms with Crippen LogP contribution in [0.25, 0.3) is 0 Å². The van der Waals surface area contributed by atoms with Crippen LogP contribution in [0.15, 0.2) is 0 Å². The number of aliphatic carboxylic acids is 1. The Labute approximate surface area is 98.1 Å². The van der Waals surface area contributed by atoms with E-state index in [1.54, 1.807) is 0 Å². The van der Waals surface area contributed by atoms with Crippen molar-refractivity contribution < 1.29 is 9.90 Å². The molecular weight excluding hydrogens is 226 g/mol. The van der Waals surface area contributed by atoms with E-state index in [0.717, 1.165) is 35.8 Å². The molecule has 1 fully saturated rings. The number of likely N-dealkylation sites (tertiary alicyclic amines) is 1. The molecule has 1 aromatic heterocycles. The van der Waals surface area contributed by atoms with Gasteiger partial charge in [-0.2, -0.15) is 0 Å². The van der Waals surface area contributed by atoms with Crippen molar-refractivity contribution in [1.82, 2.24) is 15.1 Å². The molecule has 1 atom stereocenters. The van der Waals surface area contributed by atoms with Crippen molar-refractivity contribution >= 4 is 17.3 Å². The van der Waals surface area contributed by atoms with Crippen molar-refractivity contribution in [3.8, 4) is 0 Å². The summed E-state index contributed by atoms with van der Waals surface area (Å²) in [5.74, 6) is -0.721. The lowest BCUT2D eigenvalue weighted by Crippen LogP contribution is -2.43. The van der Waals surface area contributed by atoms with Crippen LogP contribution in [-0.4, -0.2) is 38.8 Å². The number of nitrogens with zero attached hydrogens (tertiary/aromatic N) is 3. The molecule has 1 saturated heterocycles. The van der Waals surface area contributed by atoms with Crippen molar-refractivity contribution in [3.63, 3.8) is 0 Å². The maximum atomic E-state index is 11.1. The number of carboxylic acids is 1. The summed E-state index contributed by atoms with van der Waals surface area (Å²) in [4.78, 5) is 13.1. The largest absolute Gasteiger partial charge is 0.480 e. The third kappa shape index (κ3) is 2.56. The molecule has 0 amide bonds. The molecule has 88 valence electrons. The fraction of sp³-hybridized carbons (Fsp3) is 0.700. The van der Waals surface area contributed by atoms with Gasteiger partial charge in [0, 0.05) is 0 Å². The van der Waals surface area contributed by atoms with Crippen LogP contribution in [0.4, 0.5) is 0 Å². The Balaban J connectivity index is 2.03. The molecule has 2 heterocycles. The summed E-state index contributed by atoms with van der Waals surface area (Å²) >= 11 is 1.54. The van der Waals surface area contributed by atoms with Crippen molar-refractivity contribution in [2.24, 2.45) is 0 Å².